The summed E-state index contributed by atoms with van der Waals surface area (Å²) < 4.78 is 5.16. The molecule has 18 heavy (non-hydrogen) atoms. The van der Waals surface area contributed by atoms with Crippen LogP contribution >= 0.6 is 0 Å². The van der Waals surface area contributed by atoms with E-state index in [1.807, 2.05) is 6.92 Å². The van der Waals surface area contributed by atoms with Crippen LogP contribution in [0.5, 0.6) is 0 Å². The summed E-state index contributed by atoms with van der Waals surface area (Å²) in [4.78, 5) is 25.1. The van der Waals surface area contributed by atoms with Crippen molar-refractivity contribution in [2.75, 3.05) is 32.8 Å². The van der Waals surface area contributed by atoms with Gasteiger partial charge in [-0.3, -0.25) is 9.59 Å². The predicted molar refractivity (Wildman–Crippen MR) is 69.1 cm³/mol. The summed E-state index contributed by atoms with van der Waals surface area (Å²) in [6, 6.07) is 0. The Hall–Kier alpha value is -1.10. The van der Waals surface area contributed by atoms with E-state index in [0.29, 0.717) is 38.8 Å². The summed E-state index contributed by atoms with van der Waals surface area (Å²) in [5, 5.41) is 2.64. The number of ether oxygens (including phenoxy) is 1. The molecule has 0 aliphatic carbocycles. The number of nitrogens with zero attached hydrogens (tertiary/aromatic N) is 1. The zero-order valence-corrected chi connectivity index (χ0v) is 11.4. The number of likely N-dealkylation sites (tertiary alicyclic amines) is 1. The Balaban J connectivity index is 2.18. The van der Waals surface area contributed by atoms with Crippen molar-refractivity contribution in [1.29, 1.82) is 0 Å². The largest absolute Gasteiger partial charge is 0.382 e. The third-order valence-electron chi connectivity index (χ3n) is 3.22. The van der Waals surface area contributed by atoms with Crippen molar-refractivity contribution in [3.63, 3.8) is 0 Å². The third kappa shape index (κ3) is 5.04. The second-order valence-corrected chi connectivity index (χ2v) is 4.78. The van der Waals surface area contributed by atoms with Gasteiger partial charge < -0.3 is 15.0 Å². The van der Waals surface area contributed by atoms with Crippen LogP contribution in [0.15, 0.2) is 0 Å². The van der Waals surface area contributed by atoms with Gasteiger partial charge in [0.1, 0.15) is 0 Å². The molecule has 1 heterocycles. The molecule has 5 heteroatoms. The second-order valence-electron chi connectivity index (χ2n) is 4.78. The Kier molecular flexibility index (Phi) is 6.72. The van der Waals surface area contributed by atoms with E-state index in [-0.39, 0.29) is 0 Å². The summed E-state index contributed by atoms with van der Waals surface area (Å²) in [5.74, 6) is -0.220. The van der Waals surface area contributed by atoms with Crippen molar-refractivity contribution in [3.05, 3.63) is 0 Å². The predicted octanol–water partition coefficient (Wildman–Crippen LogP) is 0.788. The quantitative estimate of drug-likeness (QED) is 0.584. The van der Waals surface area contributed by atoms with E-state index in [4.69, 9.17) is 4.74 Å². The molecular formula is C13H24N2O3. The van der Waals surface area contributed by atoms with E-state index < -0.39 is 11.8 Å². The molecule has 5 nitrogen and oxygen atoms in total. The first-order valence-electron chi connectivity index (χ1n) is 6.80. The van der Waals surface area contributed by atoms with E-state index in [0.717, 1.165) is 19.3 Å². The van der Waals surface area contributed by atoms with Crippen molar-refractivity contribution < 1.29 is 14.3 Å². The highest BCUT2D eigenvalue weighted by Gasteiger charge is 2.24. The van der Waals surface area contributed by atoms with Crippen LogP contribution < -0.4 is 5.32 Å². The van der Waals surface area contributed by atoms with Crippen molar-refractivity contribution in [2.45, 2.75) is 33.1 Å². The fourth-order valence-corrected chi connectivity index (χ4v) is 1.95. The topological polar surface area (TPSA) is 58.6 Å². The second kappa shape index (κ2) is 8.08. The lowest BCUT2D eigenvalue weighted by molar-refractivity contribution is -0.146. The molecule has 1 aliphatic heterocycles. The summed E-state index contributed by atoms with van der Waals surface area (Å²) in [5.41, 5.74) is 0. The highest BCUT2D eigenvalue weighted by molar-refractivity contribution is 6.35. The SMILES string of the molecule is CCOCCCNC(=O)C(=O)N1CCC(C)CC1. The minimum atomic E-state index is -0.485. The zero-order chi connectivity index (χ0) is 13.4. The molecule has 0 saturated carbocycles. The number of rotatable bonds is 5. The summed E-state index contributed by atoms with van der Waals surface area (Å²) in [6.07, 6.45) is 2.72. The molecule has 0 aromatic rings. The van der Waals surface area contributed by atoms with Crippen LogP contribution in [-0.2, 0) is 14.3 Å². The van der Waals surface area contributed by atoms with E-state index in [1.54, 1.807) is 4.90 Å². The minimum Gasteiger partial charge on any atom is -0.382 e. The van der Waals surface area contributed by atoms with Gasteiger partial charge in [-0.05, 0) is 32.1 Å². The maximum atomic E-state index is 11.8. The van der Waals surface area contributed by atoms with E-state index in [9.17, 15) is 9.59 Å². The number of amides is 2. The zero-order valence-electron chi connectivity index (χ0n) is 11.4. The Labute approximate surface area is 109 Å². The lowest BCUT2D eigenvalue weighted by Gasteiger charge is -2.29. The van der Waals surface area contributed by atoms with Crippen LogP contribution in [0.25, 0.3) is 0 Å². The van der Waals surface area contributed by atoms with Gasteiger partial charge >= 0.3 is 11.8 Å². The van der Waals surface area contributed by atoms with Gasteiger partial charge in [0.25, 0.3) is 0 Å². The van der Waals surface area contributed by atoms with Gasteiger partial charge in [-0.2, -0.15) is 0 Å². The smallest absolute Gasteiger partial charge is 0.311 e. The highest BCUT2D eigenvalue weighted by Crippen LogP contribution is 2.15. The maximum Gasteiger partial charge on any atom is 0.311 e. The van der Waals surface area contributed by atoms with Crippen LogP contribution in [0.4, 0.5) is 0 Å². The molecule has 0 aromatic carbocycles. The standard InChI is InChI=1S/C13H24N2O3/c1-3-18-10-4-7-14-12(16)13(17)15-8-5-11(2)6-9-15/h11H,3-10H2,1-2H3,(H,14,16). The van der Waals surface area contributed by atoms with E-state index in [1.165, 1.54) is 0 Å². The Bertz CT molecular complexity index is 273. The van der Waals surface area contributed by atoms with E-state index in [2.05, 4.69) is 12.2 Å². The molecular weight excluding hydrogens is 232 g/mol. The Morgan fingerprint density at radius 1 is 1.33 bits per heavy atom. The van der Waals surface area contributed by atoms with Gasteiger partial charge in [-0.15, -0.1) is 0 Å². The Morgan fingerprint density at radius 2 is 2.00 bits per heavy atom. The third-order valence-corrected chi connectivity index (χ3v) is 3.22. The van der Waals surface area contributed by atoms with Crippen LogP contribution in [0.2, 0.25) is 0 Å². The summed E-state index contributed by atoms with van der Waals surface area (Å²) in [7, 11) is 0. The first-order valence-corrected chi connectivity index (χ1v) is 6.80. The highest BCUT2D eigenvalue weighted by atomic mass is 16.5. The molecule has 2 amide bonds. The Morgan fingerprint density at radius 3 is 2.61 bits per heavy atom. The van der Waals surface area contributed by atoms with Crippen LogP contribution in [0, 0.1) is 5.92 Å². The van der Waals surface area contributed by atoms with Crippen molar-refractivity contribution in [2.24, 2.45) is 5.92 Å². The molecule has 1 saturated heterocycles. The first kappa shape index (κ1) is 15.0. The molecule has 1 fully saturated rings. The average molecular weight is 256 g/mol. The number of nitrogens with one attached hydrogen (secondary N) is 1. The molecule has 0 atom stereocenters. The van der Waals surface area contributed by atoms with Crippen LogP contribution in [0.3, 0.4) is 0 Å². The lowest BCUT2D eigenvalue weighted by atomic mass is 9.99. The molecule has 0 spiro atoms. The van der Waals surface area contributed by atoms with Crippen molar-refractivity contribution in [3.8, 4) is 0 Å². The van der Waals surface area contributed by atoms with Gasteiger partial charge in [0.2, 0.25) is 0 Å². The molecule has 0 unspecified atom stereocenters. The first-order chi connectivity index (χ1) is 8.65. The number of carbonyl (C=O) groups is 2. The number of carbonyl (C=O) groups excluding carboxylic acids is 2. The maximum absolute atomic E-state index is 11.8. The molecule has 1 N–H and O–H groups in total. The number of hydrogen-bond acceptors (Lipinski definition) is 3. The fourth-order valence-electron chi connectivity index (χ4n) is 1.95. The molecule has 0 radical (unpaired) electrons. The van der Waals surface area contributed by atoms with Crippen LogP contribution in [0.1, 0.15) is 33.1 Å². The van der Waals surface area contributed by atoms with E-state index >= 15 is 0 Å². The van der Waals surface area contributed by atoms with Gasteiger partial charge in [-0.1, -0.05) is 6.92 Å². The molecule has 1 aliphatic rings. The van der Waals surface area contributed by atoms with Crippen molar-refractivity contribution in [1.82, 2.24) is 10.2 Å². The molecule has 1 rings (SSSR count). The van der Waals surface area contributed by atoms with Gasteiger partial charge in [0.05, 0.1) is 0 Å². The van der Waals surface area contributed by atoms with Gasteiger partial charge in [0.15, 0.2) is 0 Å². The van der Waals surface area contributed by atoms with Gasteiger partial charge in [-0.25, -0.2) is 0 Å². The molecule has 104 valence electrons. The fraction of sp³-hybridized carbons (Fsp3) is 0.846. The molecule has 0 aromatic heterocycles. The number of hydrogen-bond donors (Lipinski definition) is 1. The number of piperidine rings is 1. The van der Waals surface area contributed by atoms with Crippen LogP contribution in [-0.4, -0.2) is 49.6 Å². The molecule has 0 bridgehead atoms. The summed E-state index contributed by atoms with van der Waals surface area (Å²) in [6.45, 7) is 7.30. The van der Waals surface area contributed by atoms with Crippen molar-refractivity contribution >= 4 is 11.8 Å². The summed E-state index contributed by atoms with van der Waals surface area (Å²) >= 11 is 0. The average Bonchev–Trinajstić information content (AvgIpc) is 2.38. The monoisotopic (exact) mass is 256 g/mol. The lowest BCUT2D eigenvalue weighted by Crippen LogP contribution is -2.46. The van der Waals surface area contributed by atoms with Gasteiger partial charge in [0, 0.05) is 32.8 Å². The minimum absolute atomic E-state index is 0.390. The normalized spacial score (nSPS) is 16.7.